The molecule has 27 heavy (non-hydrogen) atoms. The molecule has 0 spiro atoms. The standard InChI is InChI=1S/C21H37N5Si/c1-8-12-25(16-21-17-26(24-23-21)14-9-11-22)13-10-15-27(18(2)3,19(4)5)20(6)7/h1,17-20H,9,11-14,16,22H2,2-7H3. The van der Waals surface area contributed by atoms with E-state index in [0.717, 1.165) is 18.7 Å². The van der Waals surface area contributed by atoms with Crippen LogP contribution in [-0.2, 0) is 13.1 Å². The van der Waals surface area contributed by atoms with Gasteiger partial charge in [0.1, 0.15) is 8.07 Å². The van der Waals surface area contributed by atoms with Crippen molar-refractivity contribution in [2.75, 3.05) is 19.6 Å². The van der Waals surface area contributed by atoms with Gasteiger partial charge in [-0.3, -0.25) is 9.58 Å². The average Bonchev–Trinajstić information content (AvgIpc) is 3.03. The topological polar surface area (TPSA) is 60.0 Å². The Morgan fingerprint density at radius 2 is 1.78 bits per heavy atom. The lowest BCUT2D eigenvalue weighted by Gasteiger charge is -2.38. The minimum Gasteiger partial charge on any atom is -0.330 e. The highest BCUT2D eigenvalue weighted by Gasteiger charge is 2.41. The fourth-order valence-corrected chi connectivity index (χ4v) is 9.29. The molecule has 0 aliphatic rings. The Morgan fingerprint density at radius 3 is 2.30 bits per heavy atom. The van der Waals surface area contributed by atoms with Crippen molar-refractivity contribution in [3.05, 3.63) is 11.9 Å². The van der Waals surface area contributed by atoms with E-state index in [9.17, 15) is 0 Å². The van der Waals surface area contributed by atoms with Crippen molar-refractivity contribution >= 4 is 8.07 Å². The smallest absolute Gasteiger partial charge is 0.146 e. The number of nitrogens with two attached hydrogens (primary N) is 1. The summed E-state index contributed by atoms with van der Waals surface area (Å²) in [7, 11) is -1.70. The van der Waals surface area contributed by atoms with Crippen molar-refractivity contribution in [3.63, 3.8) is 0 Å². The van der Waals surface area contributed by atoms with E-state index in [4.69, 9.17) is 12.2 Å². The molecule has 0 aliphatic heterocycles. The van der Waals surface area contributed by atoms with Crippen LogP contribution in [0, 0.1) is 23.8 Å². The molecule has 2 N–H and O–H groups in total. The number of aryl methyl sites for hydroxylation is 1. The van der Waals surface area contributed by atoms with Crippen molar-refractivity contribution in [3.8, 4) is 23.8 Å². The van der Waals surface area contributed by atoms with Crippen LogP contribution in [0.3, 0.4) is 0 Å². The fraction of sp³-hybridized carbons (Fsp3) is 0.714. The second-order valence-corrected chi connectivity index (χ2v) is 13.7. The predicted octanol–water partition coefficient (Wildman–Crippen LogP) is 3.28. The van der Waals surface area contributed by atoms with Gasteiger partial charge < -0.3 is 5.73 Å². The van der Waals surface area contributed by atoms with Crippen molar-refractivity contribution in [1.82, 2.24) is 19.9 Å². The predicted molar refractivity (Wildman–Crippen MR) is 117 cm³/mol. The highest BCUT2D eigenvalue weighted by molar-refractivity contribution is 6.90. The number of nitrogens with zero attached hydrogens (tertiary/aromatic N) is 4. The zero-order valence-corrected chi connectivity index (χ0v) is 19.0. The third-order valence-electron chi connectivity index (χ3n) is 5.35. The Hall–Kier alpha value is -1.60. The van der Waals surface area contributed by atoms with E-state index in [1.807, 2.05) is 10.9 Å². The molecule has 0 saturated carbocycles. The molecule has 0 aromatic carbocycles. The molecule has 0 fully saturated rings. The first-order valence-electron chi connectivity index (χ1n) is 10.0. The average molecular weight is 388 g/mol. The number of hydrogen-bond acceptors (Lipinski definition) is 4. The van der Waals surface area contributed by atoms with Crippen LogP contribution in [0.2, 0.25) is 16.6 Å². The molecule has 0 amide bonds. The minimum atomic E-state index is -1.70. The van der Waals surface area contributed by atoms with E-state index < -0.39 is 8.07 Å². The van der Waals surface area contributed by atoms with E-state index >= 15 is 0 Å². The third-order valence-corrected chi connectivity index (χ3v) is 11.7. The van der Waals surface area contributed by atoms with Gasteiger partial charge in [-0.15, -0.1) is 17.1 Å². The van der Waals surface area contributed by atoms with Crippen LogP contribution in [0.25, 0.3) is 0 Å². The van der Waals surface area contributed by atoms with Gasteiger partial charge in [0, 0.05) is 19.3 Å². The monoisotopic (exact) mass is 387 g/mol. The zero-order chi connectivity index (χ0) is 20.4. The normalized spacial score (nSPS) is 11.9. The van der Waals surface area contributed by atoms with Gasteiger partial charge in [0.25, 0.3) is 0 Å². The molecule has 0 saturated heterocycles. The summed E-state index contributed by atoms with van der Waals surface area (Å²) >= 11 is 0. The Labute approximate surface area is 167 Å². The Kier molecular flexibility index (Phi) is 9.80. The summed E-state index contributed by atoms with van der Waals surface area (Å²) in [6.45, 7) is 17.3. The van der Waals surface area contributed by atoms with E-state index in [2.05, 4.69) is 74.1 Å². The van der Waals surface area contributed by atoms with Gasteiger partial charge in [0.15, 0.2) is 0 Å². The third kappa shape index (κ3) is 6.50. The van der Waals surface area contributed by atoms with Crippen LogP contribution >= 0.6 is 0 Å². The van der Waals surface area contributed by atoms with Crippen LogP contribution in [-0.4, -0.2) is 47.6 Å². The summed E-state index contributed by atoms with van der Waals surface area (Å²) in [5.41, 5.74) is 12.1. The zero-order valence-electron chi connectivity index (χ0n) is 18.0. The molecular weight excluding hydrogens is 350 g/mol. The summed E-state index contributed by atoms with van der Waals surface area (Å²) in [4.78, 5) is 2.16. The second-order valence-electron chi connectivity index (χ2n) is 8.16. The van der Waals surface area contributed by atoms with Crippen LogP contribution < -0.4 is 5.73 Å². The molecule has 1 aromatic heterocycles. The Balaban J connectivity index is 2.87. The Bertz CT molecular complexity index is 638. The quantitative estimate of drug-likeness (QED) is 0.494. The van der Waals surface area contributed by atoms with Gasteiger partial charge in [-0.05, 0) is 29.6 Å². The number of hydrogen-bond donors (Lipinski definition) is 1. The first-order valence-corrected chi connectivity index (χ1v) is 12.3. The lowest BCUT2D eigenvalue weighted by atomic mass is 10.4. The maximum absolute atomic E-state index is 5.57. The summed E-state index contributed by atoms with van der Waals surface area (Å²) in [6, 6.07) is 0. The molecule has 6 heteroatoms. The summed E-state index contributed by atoms with van der Waals surface area (Å²) in [6.07, 6.45) is 8.44. The highest BCUT2D eigenvalue weighted by atomic mass is 28.3. The molecule has 0 bridgehead atoms. The first kappa shape index (κ1) is 23.4. The number of rotatable bonds is 10. The van der Waals surface area contributed by atoms with Crippen LogP contribution in [0.1, 0.15) is 53.7 Å². The Morgan fingerprint density at radius 1 is 1.15 bits per heavy atom. The molecule has 0 atom stereocenters. The van der Waals surface area contributed by atoms with Crippen LogP contribution in [0.5, 0.6) is 0 Å². The summed E-state index contributed by atoms with van der Waals surface area (Å²) in [5, 5.41) is 8.41. The molecule has 5 nitrogen and oxygen atoms in total. The van der Waals surface area contributed by atoms with E-state index in [-0.39, 0.29) is 0 Å². The molecule has 1 aromatic rings. The maximum atomic E-state index is 5.57. The van der Waals surface area contributed by atoms with Gasteiger partial charge in [-0.25, -0.2) is 0 Å². The fourth-order valence-electron chi connectivity index (χ4n) is 4.04. The van der Waals surface area contributed by atoms with Gasteiger partial charge in [0.05, 0.1) is 18.8 Å². The van der Waals surface area contributed by atoms with E-state index in [0.29, 0.717) is 42.8 Å². The molecular formula is C21H37N5Si. The molecule has 150 valence electrons. The molecule has 0 aliphatic carbocycles. The van der Waals surface area contributed by atoms with Gasteiger partial charge in [-0.2, -0.15) is 0 Å². The minimum absolute atomic E-state index is 0.559. The largest absolute Gasteiger partial charge is 0.330 e. The lowest BCUT2D eigenvalue weighted by molar-refractivity contribution is 0.333. The molecule has 0 radical (unpaired) electrons. The van der Waals surface area contributed by atoms with Gasteiger partial charge in [-0.1, -0.05) is 58.6 Å². The van der Waals surface area contributed by atoms with Crippen molar-refractivity contribution in [2.45, 2.75) is 77.7 Å². The van der Waals surface area contributed by atoms with Crippen molar-refractivity contribution in [2.24, 2.45) is 5.73 Å². The lowest BCUT2D eigenvalue weighted by Crippen LogP contribution is -2.43. The van der Waals surface area contributed by atoms with E-state index in [1.165, 1.54) is 0 Å². The molecule has 1 rings (SSSR count). The number of terminal acetylenes is 1. The van der Waals surface area contributed by atoms with Crippen molar-refractivity contribution in [1.29, 1.82) is 0 Å². The number of aromatic nitrogens is 3. The van der Waals surface area contributed by atoms with Gasteiger partial charge >= 0.3 is 0 Å². The van der Waals surface area contributed by atoms with Gasteiger partial charge in [0.2, 0.25) is 0 Å². The summed E-state index contributed by atoms with van der Waals surface area (Å²) < 4.78 is 1.84. The molecule has 0 unspecified atom stereocenters. The van der Waals surface area contributed by atoms with Crippen LogP contribution in [0.15, 0.2) is 6.20 Å². The SMILES string of the molecule is C#CCN(CC#C[Si](C(C)C)(C(C)C)C(C)C)Cc1cn(CCCN)nn1. The highest BCUT2D eigenvalue weighted by Crippen LogP contribution is 2.40. The van der Waals surface area contributed by atoms with Crippen LogP contribution in [0.4, 0.5) is 0 Å². The maximum Gasteiger partial charge on any atom is 0.146 e. The first-order chi connectivity index (χ1) is 12.8. The second kappa shape index (κ2) is 11.3. The van der Waals surface area contributed by atoms with E-state index in [1.54, 1.807) is 0 Å². The van der Waals surface area contributed by atoms with Crippen molar-refractivity contribution < 1.29 is 0 Å². The molecule has 1 heterocycles. The summed E-state index contributed by atoms with van der Waals surface area (Å²) in [5.74, 6) is 6.23.